The van der Waals surface area contributed by atoms with Crippen molar-refractivity contribution < 1.29 is 14.9 Å². The van der Waals surface area contributed by atoms with Crippen molar-refractivity contribution in [2.24, 2.45) is 5.41 Å². The highest BCUT2D eigenvalue weighted by Gasteiger charge is 2.22. The van der Waals surface area contributed by atoms with E-state index < -0.39 is 5.41 Å². The van der Waals surface area contributed by atoms with Crippen molar-refractivity contribution in [1.29, 1.82) is 0 Å². The fourth-order valence-corrected chi connectivity index (χ4v) is 1.73. The molecule has 1 aromatic carbocycles. The lowest BCUT2D eigenvalue weighted by atomic mass is 9.93. The van der Waals surface area contributed by atoms with Crippen LogP contribution in [-0.4, -0.2) is 37.1 Å². The molecule has 96 valence electrons. The highest BCUT2D eigenvalue weighted by molar-refractivity contribution is 9.10. The second-order valence-corrected chi connectivity index (χ2v) is 5.28. The van der Waals surface area contributed by atoms with E-state index in [1.54, 1.807) is 7.11 Å². The quantitative estimate of drug-likeness (QED) is 0.751. The zero-order valence-corrected chi connectivity index (χ0v) is 11.6. The molecule has 3 N–H and O–H groups in total. The van der Waals surface area contributed by atoms with E-state index in [1.807, 2.05) is 25.1 Å². The number of nitrogens with one attached hydrogen (secondary N) is 1. The van der Waals surface area contributed by atoms with Crippen LogP contribution in [0.1, 0.15) is 6.92 Å². The van der Waals surface area contributed by atoms with Gasteiger partial charge in [0.2, 0.25) is 0 Å². The molecule has 0 aliphatic rings. The minimum Gasteiger partial charge on any atom is -0.497 e. The molecule has 4 nitrogen and oxygen atoms in total. The SMILES string of the molecule is COc1cc(Br)cc(NCC(C)(CO)CO)c1. The molecule has 0 bridgehead atoms. The maximum atomic E-state index is 9.18. The Morgan fingerprint density at radius 1 is 1.29 bits per heavy atom. The van der Waals surface area contributed by atoms with Gasteiger partial charge < -0.3 is 20.3 Å². The Balaban J connectivity index is 2.72. The number of aliphatic hydroxyl groups is 2. The van der Waals surface area contributed by atoms with E-state index in [0.717, 1.165) is 15.9 Å². The summed E-state index contributed by atoms with van der Waals surface area (Å²) in [5, 5.41) is 21.5. The van der Waals surface area contributed by atoms with Crippen LogP contribution in [0.5, 0.6) is 5.75 Å². The van der Waals surface area contributed by atoms with Gasteiger partial charge in [0.1, 0.15) is 5.75 Å². The van der Waals surface area contributed by atoms with Crippen molar-refractivity contribution >= 4 is 21.6 Å². The van der Waals surface area contributed by atoms with E-state index in [2.05, 4.69) is 21.2 Å². The monoisotopic (exact) mass is 303 g/mol. The fraction of sp³-hybridized carbons (Fsp3) is 0.500. The highest BCUT2D eigenvalue weighted by atomic mass is 79.9. The Bertz CT molecular complexity index is 367. The molecule has 0 atom stereocenters. The van der Waals surface area contributed by atoms with Crippen LogP contribution < -0.4 is 10.1 Å². The maximum absolute atomic E-state index is 9.18. The number of hydrogen-bond acceptors (Lipinski definition) is 4. The summed E-state index contributed by atoms with van der Waals surface area (Å²) in [6, 6.07) is 5.64. The van der Waals surface area contributed by atoms with Crippen molar-refractivity contribution in [2.75, 3.05) is 32.2 Å². The number of halogens is 1. The van der Waals surface area contributed by atoms with Gasteiger partial charge in [-0.15, -0.1) is 0 Å². The van der Waals surface area contributed by atoms with Crippen molar-refractivity contribution in [3.05, 3.63) is 22.7 Å². The summed E-state index contributed by atoms with van der Waals surface area (Å²) in [6.07, 6.45) is 0. The lowest BCUT2D eigenvalue weighted by Crippen LogP contribution is -2.34. The van der Waals surface area contributed by atoms with Gasteiger partial charge in [-0.3, -0.25) is 0 Å². The van der Waals surface area contributed by atoms with Gasteiger partial charge in [-0.25, -0.2) is 0 Å². The van der Waals surface area contributed by atoms with Crippen molar-refractivity contribution in [3.63, 3.8) is 0 Å². The summed E-state index contributed by atoms with van der Waals surface area (Å²) in [7, 11) is 1.61. The van der Waals surface area contributed by atoms with Gasteiger partial charge >= 0.3 is 0 Å². The predicted molar refractivity (Wildman–Crippen MR) is 71.5 cm³/mol. The molecule has 0 amide bonds. The molecule has 0 aliphatic heterocycles. The molecule has 0 unspecified atom stereocenters. The molecule has 0 saturated carbocycles. The first-order chi connectivity index (χ1) is 8.03. The van der Waals surface area contributed by atoms with Gasteiger partial charge in [-0.2, -0.15) is 0 Å². The molecule has 1 rings (SSSR count). The van der Waals surface area contributed by atoms with Crippen LogP contribution in [0, 0.1) is 5.41 Å². The first-order valence-corrected chi connectivity index (χ1v) is 6.12. The third-order valence-corrected chi connectivity index (χ3v) is 3.05. The molecule has 17 heavy (non-hydrogen) atoms. The Kier molecular flexibility index (Phi) is 5.24. The van der Waals surface area contributed by atoms with Crippen LogP contribution in [0.15, 0.2) is 22.7 Å². The molecule has 0 aromatic heterocycles. The normalized spacial score (nSPS) is 11.4. The van der Waals surface area contributed by atoms with E-state index in [4.69, 9.17) is 4.74 Å². The molecule has 0 spiro atoms. The number of anilines is 1. The average molecular weight is 304 g/mol. The number of ether oxygens (including phenoxy) is 1. The number of hydrogen-bond donors (Lipinski definition) is 3. The molecule has 5 heteroatoms. The van der Waals surface area contributed by atoms with Crippen LogP contribution in [-0.2, 0) is 0 Å². The van der Waals surface area contributed by atoms with Crippen molar-refractivity contribution in [1.82, 2.24) is 0 Å². The summed E-state index contributed by atoms with van der Waals surface area (Å²) in [5.41, 5.74) is 0.347. The van der Waals surface area contributed by atoms with Crippen LogP contribution in [0.3, 0.4) is 0 Å². The molecule has 1 aromatic rings. The second-order valence-electron chi connectivity index (χ2n) is 4.36. The van der Waals surface area contributed by atoms with E-state index >= 15 is 0 Å². The van der Waals surface area contributed by atoms with Crippen LogP contribution in [0.4, 0.5) is 5.69 Å². The Morgan fingerprint density at radius 3 is 2.47 bits per heavy atom. The number of methoxy groups -OCH3 is 1. The van der Waals surface area contributed by atoms with E-state index in [9.17, 15) is 10.2 Å². The third kappa shape index (κ3) is 4.18. The first-order valence-electron chi connectivity index (χ1n) is 5.33. The lowest BCUT2D eigenvalue weighted by Gasteiger charge is -2.25. The van der Waals surface area contributed by atoms with Gasteiger partial charge in [0.05, 0.1) is 20.3 Å². The first kappa shape index (κ1) is 14.3. The molecule has 0 fully saturated rings. The van der Waals surface area contributed by atoms with Crippen LogP contribution in [0.2, 0.25) is 0 Å². The van der Waals surface area contributed by atoms with Gasteiger partial charge in [-0.1, -0.05) is 22.9 Å². The Morgan fingerprint density at radius 2 is 1.94 bits per heavy atom. The lowest BCUT2D eigenvalue weighted by molar-refractivity contribution is 0.0806. The Labute approximate surface area is 110 Å². The average Bonchev–Trinajstić information content (AvgIpc) is 2.35. The molecule has 0 aliphatic carbocycles. The highest BCUT2D eigenvalue weighted by Crippen LogP contribution is 2.25. The van der Waals surface area contributed by atoms with Crippen molar-refractivity contribution in [2.45, 2.75) is 6.92 Å². The molecular weight excluding hydrogens is 286 g/mol. The summed E-state index contributed by atoms with van der Waals surface area (Å²) in [4.78, 5) is 0. The summed E-state index contributed by atoms with van der Waals surface area (Å²) < 4.78 is 6.06. The standard InChI is InChI=1S/C12H18BrNO3/c1-12(7-15,8-16)6-14-10-3-9(13)4-11(5-10)17-2/h3-5,14-16H,6-8H2,1-2H3. The van der Waals surface area contributed by atoms with Crippen LogP contribution in [0.25, 0.3) is 0 Å². The number of benzene rings is 1. The minimum absolute atomic E-state index is 0.0678. The van der Waals surface area contributed by atoms with Gasteiger partial charge in [-0.05, 0) is 12.1 Å². The summed E-state index contributed by atoms with van der Waals surface area (Å²) in [5.74, 6) is 0.747. The summed E-state index contributed by atoms with van der Waals surface area (Å²) >= 11 is 3.39. The number of aliphatic hydroxyl groups excluding tert-OH is 2. The van der Waals surface area contributed by atoms with E-state index in [1.165, 1.54) is 0 Å². The zero-order valence-electron chi connectivity index (χ0n) is 10.0. The second kappa shape index (κ2) is 6.23. The molecule has 0 heterocycles. The van der Waals surface area contributed by atoms with Crippen molar-refractivity contribution in [3.8, 4) is 5.75 Å². The minimum atomic E-state index is -0.532. The largest absolute Gasteiger partial charge is 0.497 e. The predicted octanol–water partition coefficient (Wildman–Crippen LogP) is 1.86. The van der Waals surface area contributed by atoms with Gasteiger partial charge in [0.25, 0.3) is 0 Å². The van der Waals surface area contributed by atoms with E-state index in [0.29, 0.717) is 6.54 Å². The zero-order chi connectivity index (χ0) is 12.9. The molecule has 0 saturated heterocycles. The smallest absolute Gasteiger partial charge is 0.122 e. The van der Waals surface area contributed by atoms with Crippen LogP contribution >= 0.6 is 15.9 Å². The Hall–Kier alpha value is -0.780. The maximum Gasteiger partial charge on any atom is 0.122 e. The third-order valence-electron chi connectivity index (χ3n) is 2.59. The van der Waals surface area contributed by atoms with E-state index in [-0.39, 0.29) is 13.2 Å². The molecular formula is C12H18BrNO3. The number of rotatable bonds is 6. The van der Waals surface area contributed by atoms with Gasteiger partial charge in [0.15, 0.2) is 0 Å². The fourth-order valence-electron chi connectivity index (χ4n) is 1.26. The summed E-state index contributed by atoms with van der Waals surface area (Å²) in [6.45, 7) is 2.16. The topological polar surface area (TPSA) is 61.7 Å². The van der Waals surface area contributed by atoms with Gasteiger partial charge in [0, 0.05) is 28.2 Å². The molecule has 0 radical (unpaired) electrons.